The molecule has 0 saturated carbocycles. The summed E-state index contributed by atoms with van der Waals surface area (Å²) in [6, 6.07) is 7.91. The molecule has 0 bridgehead atoms. The molecule has 1 aliphatic heterocycles. The van der Waals surface area contributed by atoms with Crippen LogP contribution in [-0.4, -0.2) is 47.0 Å². The van der Waals surface area contributed by atoms with Gasteiger partial charge in [-0.3, -0.25) is 10.1 Å². The molecule has 0 spiro atoms. The summed E-state index contributed by atoms with van der Waals surface area (Å²) in [5.41, 5.74) is -0.647. The van der Waals surface area contributed by atoms with Crippen LogP contribution in [0.2, 0.25) is 15.1 Å². The molecule has 0 amide bonds. The van der Waals surface area contributed by atoms with Gasteiger partial charge in [0.2, 0.25) is 10.0 Å². The summed E-state index contributed by atoms with van der Waals surface area (Å²) in [5.74, 6) is -1.71. The Morgan fingerprint density at radius 3 is 2.31 bits per heavy atom. The van der Waals surface area contributed by atoms with Gasteiger partial charge in [0.25, 0.3) is 5.69 Å². The first-order chi connectivity index (χ1) is 16.5. The van der Waals surface area contributed by atoms with Gasteiger partial charge in [-0.05, 0) is 31.0 Å². The van der Waals surface area contributed by atoms with Crippen molar-refractivity contribution in [3.8, 4) is 11.3 Å². The summed E-state index contributed by atoms with van der Waals surface area (Å²) in [6.07, 6.45) is 0.410. The Labute approximate surface area is 214 Å². The van der Waals surface area contributed by atoms with Crippen molar-refractivity contribution in [2.45, 2.75) is 23.7 Å². The monoisotopic (exact) mass is 559 g/mol. The van der Waals surface area contributed by atoms with E-state index >= 15 is 0 Å². The highest BCUT2D eigenvalue weighted by Gasteiger charge is 2.37. The number of nitro benzene ring substituents is 1. The number of carbonyl (C=O) groups is 1. The largest absolute Gasteiger partial charge is 0.477 e. The second-order valence-corrected chi connectivity index (χ2v) is 10.9. The van der Waals surface area contributed by atoms with Crippen LogP contribution in [0.1, 0.15) is 34.9 Å². The third-order valence-corrected chi connectivity index (χ3v) is 8.44. The lowest BCUT2D eigenvalue weighted by Crippen LogP contribution is -2.38. The van der Waals surface area contributed by atoms with E-state index in [4.69, 9.17) is 39.3 Å². The second-order valence-electron chi connectivity index (χ2n) is 7.72. The van der Waals surface area contributed by atoms with E-state index in [2.05, 4.69) is 5.16 Å². The van der Waals surface area contributed by atoms with Crippen LogP contribution < -0.4 is 0 Å². The lowest BCUT2D eigenvalue weighted by Gasteiger charge is -2.30. The van der Waals surface area contributed by atoms with E-state index in [-0.39, 0.29) is 63.6 Å². The Morgan fingerprint density at radius 2 is 1.74 bits per heavy atom. The SMILES string of the molecule is O=C(O)c1c(-c2c(Cl)cc(Cl)cc2Cl)noc1C1CCN(S(=O)(=O)c2ccccc2[N+](=O)[O-])CC1. The summed E-state index contributed by atoms with van der Waals surface area (Å²) in [7, 11) is -4.14. The molecule has 35 heavy (non-hydrogen) atoms. The Bertz CT molecular complexity index is 1410. The number of hydrogen-bond donors (Lipinski definition) is 1. The lowest BCUT2D eigenvalue weighted by atomic mass is 9.91. The van der Waals surface area contributed by atoms with Crippen LogP contribution in [0.5, 0.6) is 0 Å². The average molecular weight is 561 g/mol. The molecule has 0 atom stereocenters. The fourth-order valence-electron chi connectivity index (χ4n) is 4.05. The van der Waals surface area contributed by atoms with Crippen LogP contribution in [0.4, 0.5) is 5.69 Å². The molecule has 1 aliphatic rings. The molecule has 2 heterocycles. The number of benzene rings is 2. The lowest BCUT2D eigenvalue weighted by molar-refractivity contribution is -0.387. The number of aromatic carboxylic acids is 1. The highest BCUT2D eigenvalue weighted by molar-refractivity contribution is 7.89. The topological polar surface area (TPSA) is 144 Å². The van der Waals surface area contributed by atoms with E-state index in [0.717, 1.165) is 10.4 Å². The zero-order valence-electron chi connectivity index (χ0n) is 17.7. The van der Waals surface area contributed by atoms with Crippen LogP contribution in [0.3, 0.4) is 0 Å². The van der Waals surface area contributed by atoms with Crippen molar-refractivity contribution in [2.75, 3.05) is 13.1 Å². The van der Waals surface area contributed by atoms with Gasteiger partial charge in [0.1, 0.15) is 11.3 Å². The molecule has 10 nitrogen and oxygen atoms in total. The highest BCUT2D eigenvalue weighted by atomic mass is 35.5. The summed E-state index contributed by atoms with van der Waals surface area (Å²) < 4.78 is 32.7. The number of nitrogens with zero attached hydrogens (tertiary/aromatic N) is 3. The third-order valence-electron chi connectivity index (χ3n) is 5.68. The van der Waals surface area contributed by atoms with Crippen LogP contribution >= 0.6 is 34.8 Å². The predicted molar refractivity (Wildman–Crippen MR) is 128 cm³/mol. The number of para-hydroxylation sites is 1. The van der Waals surface area contributed by atoms with Gasteiger partial charge >= 0.3 is 5.97 Å². The van der Waals surface area contributed by atoms with E-state index < -0.39 is 37.4 Å². The third kappa shape index (κ3) is 4.74. The number of halogens is 3. The van der Waals surface area contributed by atoms with E-state index in [9.17, 15) is 28.4 Å². The number of hydrogen-bond acceptors (Lipinski definition) is 7. The normalized spacial score (nSPS) is 15.3. The molecule has 3 aromatic rings. The first kappa shape index (κ1) is 25.4. The number of carboxylic acids is 1. The quantitative estimate of drug-likeness (QED) is 0.308. The van der Waals surface area contributed by atoms with Crippen LogP contribution in [0, 0.1) is 10.1 Å². The smallest absolute Gasteiger partial charge is 0.341 e. The molecule has 4 rings (SSSR count). The minimum atomic E-state index is -4.14. The fourth-order valence-corrected chi connectivity index (χ4v) is 6.67. The minimum Gasteiger partial charge on any atom is -0.477 e. The average Bonchev–Trinajstić information content (AvgIpc) is 3.23. The fraction of sp³-hybridized carbons (Fsp3) is 0.238. The molecule has 14 heteroatoms. The molecule has 1 N–H and O–H groups in total. The number of rotatable bonds is 6. The van der Waals surface area contributed by atoms with Crippen molar-refractivity contribution < 1.29 is 27.8 Å². The Balaban J connectivity index is 1.63. The first-order valence-electron chi connectivity index (χ1n) is 10.1. The Hall–Kier alpha value is -2.70. The maximum absolute atomic E-state index is 13.1. The van der Waals surface area contributed by atoms with E-state index in [1.54, 1.807) is 0 Å². The zero-order valence-corrected chi connectivity index (χ0v) is 20.7. The maximum atomic E-state index is 13.1. The molecule has 2 aromatic carbocycles. The molecule has 0 radical (unpaired) electrons. The van der Waals surface area contributed by atoms with E-state index in [1.165, 1.54) is 30.3 Å². The van der Waals surface area contributed by atoms with Crippen molar-refractivity contribution in [2.24, 2.45) is 0 Å². The number of nitro groups is 1. The van der Waals surface area contributed by atoms with Gasteiger partial charge in [-0.1, -0.05) is 52.1 Å². The molecule has 1 aromatic heterocycles. The van der Waals surface area contributed by atoms with Crippen LogP contribution in [0.15, 0.2) is 45.8 Å². The van der Waals surface area contributed by atoms with Crippen molar-refractivity contribution in [3.63, 3.8) is 0 Å². The molecular formula is C21H16Cl3N3O7S. The predicted octanol–water partition coefficient (Wildman–Crippen LogP) is 5.48. The van der Waals surface area contributed by atoms with Gasteiger partial charge in [-0.25, -0.2) is 13.2 Å². The summed E-state index contributed by atoms with van der Waals surface area (Å²) in [6.45, 7) is -0.00675. The summed E-state index contributed by atoms with van der Waals surface area (Å²) >= 11 is 18.4. The standard InChI is InChI=1S/C21H16Cl3N3O7S/c22-12-9-13(23)17(14(24)10-12)19-18(21(28)29)20(34-25-19)11-5-7-26(8-6-11)35(32,33)16-4-2-1-3-15(16)27(30)31/h1-4,9-11H,5-8H2,(H,28,29). The van der Waals surface area contributed by atoms with Gasteiger partial charge in [0, 0.05) is 35.7 Å². The summed E-state index contributed by atoms with van der Waals surface area (Å²) in [4.78, 5) is 22.3. The summed E-state index contributed by atoms with van der Waals surface area (Å²) in [5, 5.41) is 25.5. The van der Waals surface area contributed by atoms with Crippen molar-refractivity contribution >= 4 is 56.5 Å². The van der Waals surface area contributed by atoms with Gasteiger partial charge in [0.15, 0.2) is 10.7 Å². The van der Waals surface area contributed by atoms with Crippen LogP contribution in [-0.2, 0) is 10.0 Å². The molecule has 0 unspecified atom stereocenters. The van der Waals surface area contributed by atoms with Gasteiger partial charge in [-0.2, -0.15) is 4.31 Å². The van der Waals surface area contributed by atoms with Gasteiger partial charge in [-0.15, -0.1) is 0 Å². The number of aromatic nitrogens is 1. The van der Waals surface area contributed by atoms with Crippen molar-refractivity contribution in [1.29, 1.82) is 0 Å². The van der Waals surface area contributed by atoms with Crippen LogP contribution in [0.25, 0.3) is 11.3 Å². The maximum Gasteiger partial charge on any atom is 0.341 e. The molecule has 1 saturated heterocycles. The minimum absolute atomic E-state index is 0.00337. The van der Waals surface area contributed by atoms with E-state index in [0.29, 0.717) is 0 Å². The molecule has 184 valence electrons. The van der Waals surface area contributed by atoms with E-state index in [1.807, 2.05) is 0 Å². The number of sulfonamides is 1. The number of piperidine rings is 1. The van der Waals surface area contributed by atoms with Crippen molar-refractivity contribution in [1.82, 2.24) is 9.46 Å². The Kier molecular flexibility index (Phi) is 7.07. The van der Waals surface area contributed by atoms with Crippen molar-refractivity contribution in [3.05, 3.63) is 72.9 Å². The number of carboxylic acid groups (broad SMARTS) is 1. The van der Waals surface area contributed by atoms with Gasteiger partial charge < -0.3 is 9.63 Å². The van der Waals surface area contributed by atoms with Gasteiger partial charge in [0.05, 0.1) is 15.0 Å². The molecule has 1 fully saturated rings. The Morgan fingerprint density at radius 1 is 1.14 bits per heavy atom. The highest BCUT2D eigenvalue weighted by Crippen LogP contribution is 2.42. The first-order valence-corrected chi connectivity index (χ1v) is 12.7. The zero-order chi connectivity index (χ0) is 25.5. The second kappa shape index (κ2) is 9.75. The molecule has 0 aliphatic carbocycles. The molecular weight excluding hydrogens is 545 g/mol.